The molecule has 102 valence electrons. The first-order chi connectivity index (χ1) is 8.67. The fraction of sp³-hybridized carbons (Fsp3) is 0.600. The highest BCUT2D eigenvalue weighted by molar-refractivity contribution is 7.99. The number of aryl methyl sites for hydroxylation is 1. The lowest BCUT2D eigenvalue weighted by molar-refractivity contribution is 0.550. The number of hydrogen-bond acceptors (Lipinski definition) is 2. The summed E-state index contributed by atoms with van der Waals surface area (Å²) in [6.07, 6.45) is 2.20. The van der Waals surface area contributed by atoms with Gasteiger partial charge in [-0.05, 0) is 49.3 Å². The van der Waals surface area contributed by atoms with Gasteiger partial charge in [-0.25, -0.2) is 0 Å². The topological polar surface area (TPSA) is 12.0 Å². The van der Waals surface area contributed by atoms with Crippen molar-refractivity contribution in [3.8, 4) is 0 Å². The molecule has 0 bridgehead atoms. The normalized spacial score (nSPS) is 12.7. The van der Waals surface area contributed by atoms with E-state index in [1.807, 2.05) is 11.8 Å². The van der Waals surface area contributed by atoms with Crippen molar-refractivity contribution in [1.29, 1.82) is 0 Å². The number of benzene rings is 1. The molecule has 0 aliphatic heterocycles. The van der Waals surface area contributed by atoms with Crippen LogP contribution in [0.3, 0.4) is 0 Å². The standard InChI is InChI=1S/C15H24ClNS/c1-4-8-17-14(11-18-5-2)10-13-7-6-12(3)9-15(13)16/h6-7,9,14,17H,4-5,8,10-11H2,1-3H3. The quantitative estimate of drug-likeness (QED) is 0.764. The summed E-state index contributed by atoms with van der Waals surface area (Å²) in [5, 5.41) is 4.52. The summed E-state index contributed by atoms with van der Waals surface area (Å²) in [6.45, 7) is 7.57. The molecule has 0 heterocycles. The molecule has 0 radical (unpaired) electrons. The highest BCUT2D eigenvalue weighted by Crippen LogP contribution is 2.20. The summed E-state index contributed by atoms with van der Waals surface area (Å²) in [7, 11) is 0. The summed E-state index contributed by atoms with van der Waals surface area (Å²) in [6, 6.07) is 6.89. The molecule has 1 N–H and O–H groups in total. The van der Waals surface area contributed by atoms with Crippen molar-refractivity contribution in [2.75, 3.05) is 18.1 Å². The van der Waals surface area contributed by atoms with Gasteiger partial charge in [0.15, 0.2) is 0 Å². The fourth-order valence-corrected chi connectivity index (χ4v) is 2.95. The predicted octanol–water partition coefficient (Wildman–Crippen LogP) is 4.31. The molecule has 18 heavy (non-hydrogen) atoms. The summed E-state index contributed by atoms with van der Waals surface area (Å²) in [5.41, 5.74) is 2.48. The smallest absolute Gasteiger partial charge is 0.0441 e. The van der Waals surface area contributed by atoms with E-state index in [4.69, 9.17) is 11.6 Å². The number of halogens is 1. The van der Waals surface area contributed by atoms with Gasteiger partial charge in [0.1, 0.15) is 0 Å². The minimum atomic E-state index is 0.523. The van der Waals surface area contributed by atoms with E-state index < -0.39 is 0 Å². The van der Waals surface area contributed by atoms with E-state index in [0.717, 1.165) is 23.7 Å². The minimum Gasteiger partial charge on any atom is -0.313 e. The Morgan fingerprint density at radius 1 is 1.33 bits per heavy atom. The average molecular weight is 286 g/mol. The third-order valence-electron chi connectivity index (χ3n) is 2.88. The first-order valence-electron chi connectivity index (χ1n) is 6.73. The van der Waals surface area contributed by atoms with Gasteiger partial charge in [-0.3, -0.25) is 0 Å². The van der Waals surface area contributed by atoms with Crippen LogP contribution in [0.25, 0.3) is 0 Å². The van der Waals surface area contributed by atoms with Gasteiger partial charge in [0.2, 0.25) is 0 Å². The monoisotopic (exact) mass is 285 g/mol. The van der Waals surface area contributed by atoms with Crippen molar-refractivity contribution in [3.05, 3.63) is 34.3 Å². The zero-order chi connectivity index (χ0) is 13.4. The van der Waals surface area contributed by atoms with E-state index >= 15 is 0 Å². The molecule has 0 aliphatic carbocycles. The molecular weight excluding hydrogens is 262 g/mol. The maximum atomic E-state index is 6.31. The Morgan fingerprint density at radius 3 is 2.72 bits per heavy atom. The van der Waals surface area contributed by atoms with Crippen LogP contribution in [-0.4, -0.2) is 24.1 Å². The van der Waals surface area contributed by atoms with Gasteiger partial charge in [0, 0.05) is 16.8 Å². The second-order valence-corrected chi connectivity index (χ2v) is 6.34. The Kier molecular flexibility index (Phi) is 7.80. The number of nitrogens with one attached hydrogen (secondary N) is 1. The molecule has 0 spiro atoms. The summed E-state index contributed by atoms with van der Waals surface area (Å²) < 4.78 is 0. The van der Waals surface area contributed by atoms with Crippen molar-refractivity contribution in [2.45, 2.75) is 39.7 Å². The van der Waals surface area contributed by atoms with Crippen LogP contribution in [-0.2, 0) is 6.42 Å². The van der Waals surface area contributed by atoms with Crippen molar-refractivity contribution in [1.82, 2.24) is 5.32 Å². The van der Waals surface area contributed by atoms with Crippen LogP contribution in [0.5, 0.6) is 0 Å². The molecular formula is C15H24ClNS. The van der Waals surface area contributed by atoms with Crippen molar-refractivity contribution in [2.24, 2.45) is 0 Å². The zero-order valence-electron chi connectivity index (χ0n) is 11.6. The Hall–Kier alpha value is -0.180. The van der Waals surface area contributed by atoms with Crippen LogP contribution >= 0.6 is 23.4 Å². The second-order valence-electron chi connectivity index (χ2n) is 4.61. The minimum absolute atomic E-state index is 0.523. The second kappa shape index (κ2) is 8.84. The lowest BCUT2D eigenvalue weighted by Gasteiger charge is -2.19. The summed E-state index contributed by atoms with van der Waals surface area (Å²) >= 11 is 8.30. The Balaban J connectivity index is 2.62. The van der Waals surface area contributed by atoms with Gasteiger partial charge >= 0.3 is 0 Å². The van der Waals surface area contributed by atoms with Crippen LogP contribution in [0.4, 0.5) is 0 Å². The first kappa shape index (κ1) is 15.9. The van der Waals surface area contributed by atoms with Crippen LogP contribution in [0.15, 0.2) is 18.2 Å². The predicted molar refractivity (Wildman–Crippen MR) is 85.0 cm³/mol. The van der Waals surface area contributed by atoms with Gasteiger partial charge in [0.05, 0.1) is 0 Å². The van der Waals surface area contributed by atoms with Crippen LogP contribution in [0.1, 0.15) is 31.4 Å². The molecule has 1 nitrogen and oxygen atoms in total. The Bertz CT molecular complexity index is 346. The van der Waals surface area contributed by atoms with Gasteiger partial charge < -0.3 is 5.32 Å². The average Bonchev–Trinajstić information content (AvgIpc) is 2.35. The van der Waals surface area contributed by atoms with E-state index in [0.29, 0.717) is 6.04 Å². The summed E-state index contributed by atoms with van der Waals surface area (Å²) in [5.74, 6) is 2.33. The van der Waals surface area contributed by atoms with E-state index in [-0.39, 0.29) is 0 Å². The first-order valence-corrected chi connectivity index (χ1v) is 8.26. The van der Waals surface area contributed by atoms with Crippen LogP contribution in [0, 0.1) is 6.92 Å². The van der Waals surface area contributed by atoms with Crippen LogP contribution < -0.4 is 5.32 Å². The van der Waals surface area contributed by atoms with E-state index in [1.165, 1.54) is 23.3 Å². The largest absolute Gasteiger partial charge is 0.313 e. The lowest BCUT2D eigenvalue weighted by atomic mass is 10.1. The molecule has 1 unspecified atom stereocenters. The molecule has 1 aromatic carbocycles. The van der Waals surface area contributed by atoms with Crippen molar-refractivity contribution < 1.29 is 0 Å². The summed E-state index contributed by atoms with van der Waals surface area (Å²) in [4.78, 5) is 0. The molecule has 0 aliphatic rings. The molecule has 0 aromatic heterocycles. The Morgan fingerprint density at radius 2 is 2.11 bits per heavy atom. The molecule has 3 heteroatoms. The number of hydrogen-bond donors (Lipinski definition) is 1. The molecule has 0 fully saturated rings. The number of rotatable bonds is 8. The SMILES string of the molecule is CCCNC(CSCC)Cc1ccc(C)cc1Cl. The molecule has 1 atom stereocenters. The van der Waals surface area contributed by atoms with Gasteiger partial charge in [-0.2, -0.15) is 11.8 Å². The number of thioether (sulfide) groups is 1. The van der Waals surface area contributed by atoms with E-state index in [1.54, 1.807) is 0 Å². The molecule has 0 saturated carbocycles. The maximum Gasteiger partial charge on any atom is 0.0441 e. The van der Waals surface area contributed by atoms with Crippen LogP contribution in [0.2, 0.25) is 5.02 Å². The van der Waals surface area contributed by atoms with Crippen molar-refractivity contribution in [3.63, 3.8) is 0 Å². The maximum absolute atomic E-state index is 6.31. The van der Waals surface area contributed by atoms with Gasteiger partial charge in [-0.1, -0.05) is 37.6 Å². The molecule has 1 aromatic rings. The highest BCUT2D eigenvalue weighted by atomic mass is 35.5. The molecule has 0 saturated heterocycles. The van der Waals surface area contributed by atoms with E-state index in [9.17, 15) is 0 Å². The zero-order valence-corrected chi connectivity index (χ0v) is 13.2. The van der Waals surface area contributed by atoms with E-state index in [2.05, 4.69) is 44.3 Å². The fourth-order valence-electron chi connectivity index (χ4n) is 1.88. The van der Waals surface area contributed by atoms with Crippen molar-refractivity contribution >= 4 is 23.4 Å². The third-order valence-corrected chi connectivity index (χ3v) is 4.28. The van der Waals surface area contributed by atoms with Gasteiger partial charge in [0.25, 0.3) is 0 Å². The molecule has 0 amide bonds. The Labute approximate surface area is 121 Å². The third kappa shape index (κ3) is 5.64. The molecule has 1 rings (SSSR count). The highest BCUT2D eigenvalue weighted by Gasteiger charge is 2.11. The van der Waals surface area contributed by atoms with Gasteiger partial charge in [-0.15, -0.1) is 0 Å². The lowest BCUT2D eigenvalue weighted by Crippen LogP contribution is -2.34.